The Kier molecular flexibility index (Phi) is 6.43. The first-order valence-corrected chi connectivity index (χ1v) is 12.3. The SMILES string of the molecule is CCc1ccc2occ(CC(=O)Nc3ccc(S(=O)(=O)N4CCCCCC4)cc3)c2c1. The molecule has 4 rings (SSSR count). The van der Waals surface area contributed by atoms with Gasteiger partial charge in [0.1, 0.15) is 5.58 Å². The number of hydrogen-bond donors (Lipinski definition) is 1. The maximum absolute atomic E-state index is 12.9. The Balaban J connectivity index is 1.43. The number of aryl methyl sites for hydroxylation is 1. The molecule has 0 radical (unpaired) electrons. The maximum Gasteiger partial charge on any atom is 0.243 e. The van der Waals surface area contributed by atoms with E-state index < -0.39 is 10.0 Å². The Bertz CT molecular complexity index is 1160. The molecule has 0 unspecified atom stereocenters. The summed E-state index contributed by atoms with van der Waals surface area (Å²) in [5, 5.41) is 3.80. The molecular formula is C24H28N2O4S. The number of amides is 1. The van der Waals surface area contributed by atoms with Crippen LogP contribution < -0.4 is 5.32 Å². The molecule has 0 aliphatic carbocycles. The molecule has 6 nitrogen and oxygen atoms in total. The largest absolute Gasteiger partial charge is 0.464 e. The highest BCUT2D eigenvalue weighted by Gasteiger charge is 2.25. The molecular weight excluding hydrogens is 412 g/mol. The highest BCUT2D eigenvalue weighted by Crippen LogP contribution is 2.25. The molecule has 7 heteroatoms. The van der Waals surface area contributed by atoms with Gasteiger partial charge in [0.15, 0.2) is 0 Å². The van der Waals surface area contributed by atoms with Crippen LogP contribution in [0.5, 0.6) is 0 Å². The number of anilines is 1. The molecule has 1 aromatic heterocycles. The standard InChI is InChI=1S/C24H28N2O4S/c1-2-18-7-12-23-22(15-18)19(17-30-23)16-24(27)25-20-8-10-21(11-9-20)31(28,29)26-13-5-3-4-6-14-26/h7-12,15,17H,2-6,13-14,16H2,1H3,(H,25,27). The summed E-state index contributed by atoms with van der Waals surface area (Å²) in [7, 11) is -3.49. The van der Waals surface area contributed by atoms with Gasteiger partial charge in [-0.2, -0.15) is 4.31 Å². The number of benzene rings is 2. The van der Waals surface area contributed by atoms with Gasteiger partial charge in [-0.05, 0) is 61.2 Å². The fourth-order valence-corrected chi connectivity index (χ4v) is 5.52. The number of furan rings is 1. The summed E-state index contributed by atoms with van der Waals surface area (Å²) >= 11 is 0. The van der Waals surface area contributed by atoms with Crippen LogP contribution in [0, 0.1) is 0 Å². The number of rotatable bonds is 6. The van der Waals surface area contributed by atoms with Crippen LogP contribution in [-0.2, 0) is 27.7 Å². The third-order valence-electron chi connectivity index (χ3n) is 5.82. The lowest BCUT2D eigenvalue weighted by molar-refractivity contribution is -0.115. The van der Waals surface area contributed by atoms with Crippen molar-refractivity contribution in [2.75, 3.05) is 18.4 Å². The van der Waals surface area contributed by atoms with E-state index in [1.165, 1.54) is 5.56 Å². The van der Waals surface area contributed by atoms with Gasteiger partial charge in [-0.15, -0.1) is 0 Å². The van der Waals surface area contributed by atoms with Crippen LogP contribution in [0.2, 0.25) is 0 Å². The molecule has 2 heterocycles. The topological polar surface area (TPSA) is 79.6 Å². The zero-order valence-corrected chi connectivity index (χ0v) is 18.6. The molecule has 1 aliphatic rings. The van der Waals surface area contributed by atoms with Gasteiger partial charge in [0.05, 0.1) is 17.6 Å². The lowest BCUT2D eigenvalue weighted by atomic mass is 10.1. The summed E-state index contributed by atoms with van der Waals surface area (Å²) in [5.74, 6) is -0.173. The Morgan fingerprint density at radius 3 is 2.42 bits per heavy atom. The number of nitrogens with one attached hydrogen (secondary N) is 1. The van der Waals surface area contributed by atoms with Crippen molar-refractivity contribution in [3.8, 4) is 0 Å². The summed E-state index contributed by atoms with van der Waals surface area (Å²) in [6.07, 6.45) is 6.67. The van der Waals surface area contributed by atoms with Crippen LogP contribution in [0.15, 0.2) is 58.0 Å². The van der Waals surface area contributed by atoms with Crippen LogP contribution in [0.4, 0.5) is 5.69 Å². The van der Waals surface area contributed by atoms with E-state index >= 15 is 0 Å². The van der Waals surface area contributed by atoms with Crippen molar-refractivity contribution >= 4 is 32.6 Å². The molecule has 164 valence electrons. The molecule has 0 bridgehead atoms. The predicted octanol–water partition coefficient (Wildman–Crippen LogP) is 4.74. The zero-order valence-electron chi connectivity index (χ0n) is 17.8. The van der Waals surface area contributed by atoms with Crippen molar-refractivity contribution in [3.05, 3.63) is 59.9 Å². The Hall–Kier alpha value is -2.64. The van der Waals surface area contributed by atoms with Gasteiger partial charge in [-0.25, -0.2) is 8.42 Å². The van der Waals surface area contributed by atoms with Gasteiger partial charge in [-0.3, -0.25) is 4.79 Å². The highest BCUT2D eigenvalue weighted by atomic mass is 32.2. The molecule has 0 atom stereocenters. The number of sulfonamides is 1. The summed E-state index contributed by atoms with van der Waals surface area (Å²) < 4.78 is 32.9. The van der Waals surface area contributed by atoms with E-state index in [2.05, 4.69) is 18.3 Å². The van der Waals surface area contributed by atoms with Crippen LogP contribution in [0.3, 0.4) is 0 Å². The van der Waals surface area contributed by atoms with Gasteiger partial charge < -0.3 is 9.73 Å². The lowest BCUT2D eigenvalue weighted by Crippen LogP contribution is -2.31. The maximum atomic E-state index is 12.9. The minimum absolute atomic E-state index is 0.173. The second-order valence-corrected chi connectivity index (χ2v) is 9.95. The fraction of sp³-hybridized carbons (Fsp3) is 0.375. The van der Waals surface area contributed by atoms with Gasteiger partial charge in [0, 0.05) is 29.7 Å². The van der Waals surface area contributed by atoms with Crippen molar-refractivity contribution in [1.82, 2.24) is 4.31 Å². The molecule has 1 saturated heterocycles. The van der Waals surface area contributed by atoms with Crippen LogP contribution >= 0.6 is 0 Å². The number of nitrogens with zero attached hydrogens (tertiary/aromatic N) is 1. The summed E-state index contributed by atoms with van der Waals surface area (Å²) in [5.41, 5.74) is 3.37. The lowest BCUT2D eigenvalue weighted by Gasteiger charge is -2.20. The third kappa shape index (κ3) is 4.83. The van der Waals surface area contributed by atoms with E-state index in [-0.39, 0.29) is 17.2 Å². The minimum atomic E-state index is -3.49. The first-order valence-electron chi connectivity index (χ1n) is 10.9. The van der Waals surface area contributed by atoms with Crippen molar-refractivity contribution in [3.63, 3.8) is 0 Å². The van der Waals surface area contributed by atoms with E-state index in [9.17, 15) is 13.2 Å². The number of carbonyl (C=O) groups is 1. The molecule has 3 aromatic rings. The van der Waals surface area contributed by atoms with E-state index in [1.807, 2.05) is 12.1 Å². The smallest absolute Gasteiger partial charge is 0.243 e. The molecule has 31 heavy (non-hydrogen) atoms. The molecule has 1 N–H and O–H groups in total. The molecule has 1 aliphatic heterocycles. The summed E-state index contributed by atoms with van der Waals surface area (Å²) in [6, 6.07) is 12.4. The Morgan fingerprint density at radius 1 is 1.03 bits per heavy atom. The van der Waals surface area contributed by atoms with Crippen LogP contribution in [0.1, 0.15) is 43.7 Å². The van der Waals surface area contributed by atoms with Crippen LogP contribution in [0.25, 0.3) is 11.0 Å². The molecule has 1 amide bonds. The first-order chi connectivity index (χ1) is 15.0. The second kappa shape index (κ2) is 9.24. The molecule has 0 saturated carbocycles. The van der Waals surface area contributed by atoms with Crippen molar-refractivity contribution in [2.45, 2.75) is 50.3 Å². The molecule has 0 spiro atoms. The summed E-state index contributed by atoms with van der Waals surface area (Å²) in [4.78, 5) is 12.8. The van der Waals surface area contributed by atoms with Gasteiger partial charge in [-0.1, -0.05) is 25.8 Å². The van der Waals surface area contributed by atoms with Crippen molar-refractivity contribution in [1.29, 1.82) is 0 Å². The van der Waals surface area contributed by atoms with E-state index in [0.717, 1.165) is 48.6 Å². The third-order valence-corrected chi connectivity index (χ3v) is 7.73. The first kappa shape index (κ1) is 21.6. The van der Waals surface area contributed by atoms with E-state index in [1.54, 1.807) is 34.8 Å². The van der Waals surface area contributed by atoms with Crippen molar-refractivity contribution < 1.29 is 17.6 Å². The normalized spacial score (nSPS) is 15.6. The Morgan fingerprint density at radius 2 is 1.74 bits per heavy atom. The van der Waals surface area contributed by atoms with Gasteiger partial charge in [0.25, 0.3) is 0 Å². The number of hydrogen-bond acceptors (Lipinski definition) is 4. The predicted molar refractivity (Wildman–Crippen MR) is 122 cm³/mol. The Labute approximate surface area is 183 Å². The van der Waals surface area contributed by atoms with Gasteiger partial charge in [0.2, 0.25) is 15.9 Å². The minimum Gasteiger partial charge on any atom is -0.464 e. The quantitative estimate of drug-likeness (QED) is 0.600. The monoisotopic (exact) mass is 440 g/mol. The summed E-state index contributed by atoms with van der Waals surface area (Å²) in [6.45, 7) is 3.22. The van der Waals surface area contributed by atoms with Crippen molar-refractivity contribution in [2.24, 2.45) is 0 Å². The average Bonchev–Trinajstić information content (AvgIpc) is 2.97. The fourth-order valence-electron chi connectivity index (χ4n) is 4.01. The van der Waals surface area contributed by atoms with Gasteiger partial charge >= 0.3 is 0 Å². The van der Waals surface area contributed by atoms with E-state index in [0.29, 0.717) is 18.8 Å². The average molecular weight is 441 g/mol. The number of carbonyl (C=O) groups excluding carboxylic acids is 1. The molecule has 1 fully saturated rings. The molecule has 2 aromatic carbocycles. The van der Waals surface area contributed by atoms with E-state index in [4.69, 9.17) is 4.42 Å². The second-order valence-electron chi connectivity index (χ2n) is 8.01. The number of fused-ring (bicyclic) bond motifs is 1. The van der Waals surface area contributed by atoms with Crippen LogP contribution in [-0.4, -0.2) is 31.7 Å². The highest BCUT2D eigenvalue weighted by molar-refractivity contribution is 7.89. The zero-order chi connectivity index (χ0) is 21.8.